The van der Waals surface area contributed by atoms with E-state index in [1.54, 1.807) is 0 Å². The van der Waals surface area contributed by atoms with Crippen LogP contribution >= 0.6 is 0 Å². The summed E-state index contributed by atoms with van der Waals surface area (Å²) in [6.07, 6.45) is -3.80. The molecule has 0 N–H and O–H groups in total. The number of epoxide rings is 2. The van der Waals surface area contributed by atoms with Crippen LogP contribution in [0.15, 0.2) is 48.5 Å². The maximum Gasteiger partial charge on any atom is 0.416 e. The number of halogens is 3. The van der Waals surface area contributed by atoms with Crippen molar-refractivity contribution in [1.82, 2.24) is 0 Å². The molecule has 2 fully saturated rings. The number of rotatable bonds is 7. The van der Waals surface area contributed by atoms with E-state index in [1.807, 2.05) is 24.3 Å². The molecule has 2 atom stereocenters. The van der Waals surface area contributed by atoms with Crippen LogP contribution in [-0.4, -0.2) is 38.5 Å². The third-order valence-electron chi connectivity index (χ3n) is 4.27. The Balaban J connectivity index is 1.41. The molecule has 2 aromatic carbocycles. The molecule has 2 aliphatic heterocycles. The SMILES string of the molecule is FC(F)(F)c1ccc(Oc2ccc(N(CC3CO3)CC3CO3)cc2)cc1. The highest BCUT2D eigenvalue weighted by atomic mass is 19.4. The number of ether oxygens (including phenoxy) is 3. The first-order valence-electron chi connectivity index (χ1n) is 8.41. The van der Waals surface area contributed by atoms with Crippen molar-refractivity contribution in [3.05, 3.63) is 54.1 Å². The molecule has 4 rings (SSSR count). The summed E-state index contributed by atoms with van der Waals surface area (Å²) in [5.41, 5.74) is 0.344. The van der Waals surface area contributed by atoms with Crippen LogP contribution < -0.4 is 9.64 Å². The Morgan fingerprint density at radius 1 is 0.846 bits per heavy atom. The van der Waals surface area contributed by atoms with Crippen molar-refractivity contribution >= 4 is 5.69 Å². The van der Waals surface area contributed by atoms with E-state index in [0.717, 1.165) is 44.1 Å². The van der Waals surface area contributed by atoms with Gasteiger partial charge in [0.25, 0.3) is 0 Å². The highest BCUT2D eigenvalue weighted by Crippen LogP contribution is 2.32. The average Bonchev–Trinajstić information content (AvgIpc) is 3.51. The standard InChI is InChI=1S/C19H18F3NO3/c20-19(21,22)13-1-5-15(6-2-13)26-16-7-3-14(4-8-16)23(9-17-11-24-17)10-18-12-25-18/h1-8,17-18H,9-12H2. The van der Waals surface area contributed by atoms with Gasteiger partial charge in [0.2, 0.25) is 0 Å². The van der Waals surface area contributed by atoms with Gasteiger partial charge in [-0.2, -0.15) is 13.2 Å². The molecule has 2 heterocycles. The molecular formula is C19H18F3NO3. The fourth-order valence-corrected chi connectivity index (χ4v) is 2.70. The molecule has 0 aromatic heterocycles. The fourth-order valence-electron chi connectivity index (χ4n) is 2.70. The summed E-state index contributed by atoms with van der Waals surface area (Å²) in [5, 5.41) is 0. The first kappa shape index (κ1) is 17.2. The Bertz CT molecular complexity index is 724. The quantitative estimate of drug-likeness (QED) is 0.693. The molecule has 2 aliphatic rings. The molecule has 26 heavy (non-hydrogen) atoms. The maximum absolute atomic E-state index is 12.6. The molecule has 7 heteroatoms. The van der Waals surface area contributed by atoms with Gasteiger partial charge in [-0.15, -0.1) is 0 Å². The molecule has 0 spiro atoms. The summed E-state index contributed by atoms with van der Waals surface area (Å²) < 4.78 is 54.0. The van der Waals surface area contributed by atoms with E-state index in [-0.39, 0.29) is 12.2 Å². The van der Waals surface area contributed by atoms with Gasteiger partial charge in [-0.3, -0.25) is 0 Å². The zero-order chi connectivity index (χ0) is 18.1. The first-order valence-corrected chi connectivity index (χ1v) is 8.41. The third kappa shape index (κ3) is 4.47. The Labute approximate surface area is 149 Å². The highest BCUT2D eigenvalue weighted by molar-refractivity contribution is 5.50. The monoisotopic (exact) mass is 365 g/mol. The molecule has 4 nitrogen and oxygen atoms in total. The lowest BCUT2D eigenvalue weighted by Crippen LogP contribution is -2.31. The van der Waals surface area contributed by atoms with Crippen LogP contribution in [0.1, 0.15) is 5.56 Å². The van der Waals surface area contributed by atoms with Crippen LogP contribution in [0.5, 0.6) is 11.5 Å². The topological polar surface area (TPSA) is 37.5 Å². The number of hydrogen-bond acceptors (Lipinski definition) is 4. The molecule has 0 saturated carbocycles. The lowest BCUT2D eigenvalue weighted by molar-refractivity contribution is -0.137. The summed E-state index contributed by atoms with van der Waals surface area (Å²) in [6.45, 7) is 3.21. The number of hydrogen-bond donors (Lipinski definition) is 0. The van der Waals surface area contributed by atoms with Crippen LogP contribution in [0.4, 0.5) is 18.9 Å². The van der Waals surface area contributed by atoms with E-state index < -0.39 is 11.7 Å². The van der Waals surface area contributed by atoms with Gasteiger partial charge in [-0.05, 0) is 48.5 Å². The molecule has 2 unspecified atom stereocenters. The van der Waals surface area contributed by atoms with Gasteiger partial charge in [-0.1, -0.05) is 0 Å². The molecule has 0 radical (unpaired) electrons. The van der Waals surface area contributed by atoms with Crippen molar-refractivity contribution < 1.29 is 27.4 Å². The summed E-state index contributed by atoms with van der Waals surface area (Å²) in [7, 11) is 0. The van der Waals surface area contributed by atoms with E-state index >= 15 is 0 Å². The molecule has 0 amide bonds. The van der Waals surface area contributed by atoms with Gasteiger partial charge in [0.1, 0.15) is 11.5 Å². The number of alkyl halides is 3. The maximum atomic E-state index is 12.6. The number of nitrogens with zero attached hydrogens (tertiary/aromatic N) is 1. The lowest BCUT2D eigenvalue weighted by atomic mass is 10.2. The van der Waals surface area contributed by atoms with Crippen molar-refractivity contribution in [3.8, 4) is 11.5 Å². The molecule has 138 valence electrons. The normalized spacial score (nSPS) is 21.3. The van der Waals surface area contributed by atoms with E-state index in [0.29, 0.717) is 11.5 Å². The second-order valence-electron chi connectivity index (χ2n) is 6.43. The second-order valence-corrected chi connectivity index (χ2v) is 6.43. The van der Waals surface area contributed by atoms with Gasteiger partial charge >= 0.3 is 6.18 Å². The average molecular weight is 365 g/mol. The zero-order valence-corrected chi connectivity index (χ0v) is 13.9. The molecule has 0 aliphatic carbocycles. The van der Waals surface area contributed by atoms with Gasteiger partial charge < -0.3 is 19.1 Å². The van der Waals surface area contributed by atoms with Gasteiger partial charge in [0.15, 0.2) is 0 Å². The first-order chi connectivity index (χ1) is 12.5. The molecule has 2 saturated heterocycles. The summed E-state index contributed by atoms with van der Waals surface area (Å²) in [6, 6.07) is 12.1. The van der Waals surface area contributed by atoms with Crippen molar-refractivity contribution in [2.45, 2.75) is 18.4 Å². The highest BCUT2D eigenvalue weighted by Gasteiger charge is 2.31. The van der Waals surface area contributed by atoms with Crippen LogP contribution in [0.3, 0.4) is 0 Å². The smallest absolute Gasteiger partial charge is 0.416 e. The van der Waals surface area contributed by atoms with E-state index in [2.05, 4.69) is 4.90 Å². The zero-order valence-electron chi connectivity index (χ0n) is 13.9. The van der Waals surface area contributed by atoms with Crippen LogP contribution in [-0.2, 0) is 15.7 Å². The third-order valence-corrected chi connectivity index (χ3v) is 4.27. The van der Waals surface area contributed by atoms with Crippen molar-refractivity contribution in [2.75, 3.05) is 31.2 Å². The Hall–Kier alpha value is -2.25. The summed E-state index contributed by atoms with van der Waals surface area (Å²) >= 11 is 0. The van der Waals surface area contributed by atoms with E-state index in [1.165, 1.54) is 12.1 Å². The van der Waals surface area contributed by atoms with Crippen molar-refractivity contribution in [3.63, 3.8) is 0 Å². The predicted molar refractivity (Wildman–Crippen MR) is 89.7 cm³/mol. The van der Waals surface area contributed by atoms with Gasteiger partial charge in [0, 0.05) is 18.8 Å². The Morgan fingerprint density at radius 3 is 1.73 bits per heavy atom. The van der Waals surface area contributed by atoms with Gasteiger partial charge in [-0.25, -0.2) is 0 Å². The number of anilines is 1. The fraction of sp³-hybridized carbons (Fsp3) is 0.368. The van der Waals surface area contributed by atoms with Crippen molar-refractivity contribution in [2.24, 2.45) is 0 Å². The van der Waals surface area contributed by atoms with Crippen molar-refractivity contribution in [1.29, 1.82) is 0 Å². The molecule has 2 aromatic rings. The van der Waals surface area contributed by atoms with Gasteiger partial charge in [0.05, 0.1) is 31.0 Å². The van der Waals surface area contributed by atoms with E-state index in [4.69, 9.17) is 14.2 Å². The largest absolute Gasteiger partial charge is 0.457 e. The minimum Gasteiger partial charge on any atom is -0.457 e. The minimum absolute atomic E-state index is 0.275. The Kier molecular flexibility index (Phi) is 4.50. The second kappa shape index (κ2) is 6.81. The van der Waals surface area contributed by atoms with Crippen LogP contribution in [0.2, 0.25) is 0 Å². The Morgan fingerprint density at radius 2 is 1.31 bits per heavy atom. The molecule has 0 bridgehead atoms. The minimum atomic E-state index is -4.35. The lowest BCUT2D eigenvalue weighted by Gasteiger charge is -2.23. The van der Waals surface area contributed by atoms with Crippen LogP contribution in [0, 0.1) is 0 Å². The van der Waals surface area contributed by atoms with E-state index in [9.17, 15) is 13.2 Å². The van der Waals surface area contributed by atoms with Crippen LogP contribution in [0.25, 0.3) is 0 Å². The predicted octanol–water partition coefficient (Wildman–Crippen LogP) is 4.10. The summed E-state index contributed by atoms with van der Waals surface area (Å²) in [5.74, 6) is 0.930. The summed E-state index contributed by atoms with van der Waals surface area (Å²) in [4.78, 5) is 2.22. The molecular weight excluding hydrogens is 347 g/mol. The number of benzene rings is 2.